The number of hydrogen-bond acceptors (Lipinski definition) is 6. The highest BCUT2D eigenvalue weighted by molar-refractivity contribution is 7.99. The average molecular weight is 294 g/mol. The van der Waals surface area contributed by atoms with Gasteiger partial charge in [0.25, 0.3) is 5.91 Å². The monoisotopic (exact) mass is 294 g/mol. The normalized spacial score (nSPS) is 10.9. The van der Waals surface area contributed by atoms with Crippen LogP contribution in [0, 0.1) is 5.82 Å². The fraction of sp³-hybridized carbons (Fsp3) is 0.182. The number of nitrogens with zero attached hydrogens (tertiary/aromatic N) is 5. The Kier molecular flexibility index (Phi) is 4.77. The van der Waals surface area contributed by atoms with Crippen molar-refractivity contribution >= 4 is 23.9 Å². The molecule has 0 bridgehead atoms. The summed E-state index contributed by atoms with van der Waals surface area (Å²) in [5.41, 5.74) is 2.61. The molecule has 1 aromatic heterocycles. The number of aromatic nitrogens is 4. The van der Waals surface area contributed by atoms with Crippen molar-refractivity contribution < 1.29 is 9.18 Å². The van der Waals surface area contributed by atoms with Crippen molar-refractivity contribution in [1.29, 1.82) is 0 Å². The fourth-order valence-corrected chi connectivity index (χ4v) is 1.90. The van der Waals surface area contributed by atoms with E-state index in [0.717, 1.165) is 0 Å². The molecule has 2 rings (SSSR count). The number of amides is 1. The van der Waals surface area contributed by atoms with Gasteiger partial charge in [0.2, 0.25) is 5.16 Å². The Morgan fingerprint density at radius 2 is 2.35 bits per heavy atom. The molecule has 7 nitrogen and oxygen atoms in total. The summed E-state index contributed by atoms with van der Waals surface area (Å²) in [6.07, 6.45) is 1.25. The summed E-state index contributed by atoms with van der Waals surface area (Å²) in [5, 5.41) is 15.0. The first-order valence-corrected chi connectivity index (χ1v) is 6.57. The number of halogens is 1. The van der Waals surface area contributed by atoms with Crippen LogP contribution in [0.2, 0.25) is 0 Å². The lowest BCUT2D eigenvalue weighted by Crippen LogP contribution is -2.20. The van der Waals surface area contributed by atoms with E-state index in [1.165, 1.54) is 28.7 Å². The number of thioether (sulfide) groups is 1. The summed E-state index contributed by atoms with van der Waals surface area (Å²) < 4.78 is 14.7. The largest absolute Gasteiger partial charge is 0.272 e. The van der Waals surface area contributed by atoms with Gasteiger partial charge in [-0.15, -0.1) is 5.10 Å². The number of hydrazone groups is 1. The number of carbonyl (C=O) groups is 1. The molecule has 1 amide bonds. The number of tetrazole rings is 1. The zero-order chi connectivity index (χ0) is 14.4. The fourth-order valence-electron chi connectivity index (χ4n) is 1.26. The highest BCUT2D eigenvalue weighted by Gasteiger charge is 2.06. The van der Waals surface area contributed by atoms with Gasteiger partial charge in [-0.05, 0) is 16.5 Å². The Morgan fingerprint density at radius 1 is 1.55 bits per heavy atom. The van der Waals surface area contributed by atoms with Gasteiger partial charge in [-0.25, -0.2) is 14.5 Å². The molecule has 104 valence electrons. The van der Waals surface area contributed by atoms with Crippen LogP contribution in [0.1, 0.15) is 5.56 Å². The molecule has 0 aliphatic rings. The van der Waals surface area contributed by atoms with E-state index >= 15 is 0 Å². The molecule has 0 aliphatic heterocycles. The lowest BCUT2D eigenvalue weighted by Gasteiger charge is -1.99. The van der Waals surface area contributed by atoms with E-state index in [1.54, 1.807) is 25.2 Å². The lowest BCUT2D eigenvalue weighted by molar-refractivity contribution is -0.118. The minimum atomic E-state index is -0.398. The summed E-state index contributed by atoms with van der Waals surface area (Å²) in [5.74, 6) is -0.612. The van der Waals surface area contributed by atoms with Gasteiger partial charge in [-0.2, -0.15) is 5.10 Å². The molecular formula is C11H11FN6OS. The Hall–Kier alpha value is -2.29. The third-order valence-corrected chi connectivity index (χ3v) is 3.22. The van der Waals surface area contributed by atoms with Crippen LogP contribution in [0.4, 0.5) is 4.39 Å². The summed E-state index contributed by atoms with van der Waals surface area (Å²) in [4.78, 5) is 11.5. The predicted octanol–water partition coefficient (Wildman–Crippen LogP) is 0.592. The minimum absolute atomic E-state index is 0.114. The first-order valence-electron chi connectivity index (χ1n) is 5.58. The molecule has 1 heterocycles. The number of nitrogens with one attached hydrogen (secondary N) is 1. The van der Waals surface area contributed by atoms with Crippen LogP contribution in [0.3, 0.4) is 0 Å². The van der Waals surface area contributed by atoms with Crippen molar-refractivity contribution in [3.63, 3.8) is 0 Å². The van der Waals surface area contributed by atoms with E-state index in [2.05, 4.69) is 26.1 Å². The van der Waals surface area contributed by atoms with E-state index in [9.17, 15) is 9.18 Å². The number of rotatable bonds is 5. The third kappa shape index (κ3) is 3.85. The zero-order valence-electron chi connectivity index (χ0n) is 10.5. The quantitative estimate of drug-likeness (QED) is 0.495. The number of carbonyl (C=O) groups excluding carboxylic acids is 1. The van der Waals surface area contributed by atoms with Crippen molar-refractivity contribution in [2.45, 2.75) is 5.16 Å². The molecule has 0 radical (unpaired) electrons. The molecule has 9 heteroatoms. The smallest absolute Gasteiger partial charge is 0.250 e. The van der Waals surface area contributed by atoms with E-state index in [4.69, 9.17) is 0 Å². The van der Waals surface area contributed by atoms with E-state index < -0.39 is 5.82 Å². The van der Waals surface area contributed by atoms with Gasteiger partial charge in [-0.1, -0.05) is 30.0 Å². The van der Waals surface area contributed by atoms with Gasteiger partial charge in [0.1, 0.15) is 5.82 Å². The van der Waals surface area contributed by atoms with Crippen LogP contribution in [0.5, 0.6) is 0 Å². The van der Waals surface area contributed by atoms with Crippen molar-refractivity contribution in [2.75, 3.05) is 5.75 Å². The standard InChI is InChI=1S/C11H11FN6OS/c1-18-11(15-16-17-18)20-7-10(19)14-13-6-8-4-2-3-5-9(8)12/h2-6H,7H2,1H3,(H,14,19)/b13-6+. The highest BCUT2D eigenvalue weighted by Crippen LogP contribution is 2.11. The van der Waals surface area contributed by atoms with E-state index in [-0.39, 0.29) is 11.7 Å². The Balaban J connectivity index is 1.81. The van der Waals surface area contributed by atoms with E-state index in [1.807, 2.05) is 0 Å². The Bertz CT molecular complexity index is 629. The van der Waals surface area contributed by atoms with Gasteiger partial charge in [0, 0.05) is 12.6 Å². The van der Waals surface area contributed by atoms with Crippen LogP contribution in [0.15, 0.2) is 34.5 Å². The first kappa shape index (κ1) is 14.1. The van der Waals surface area contributed by atoms with Gasteiger partial charge in [-0.3, -0.25) is 4.79 Å². The minimum Gasteiger partial charge on any atom is -0.272 e. The maximum absolute atomic E-state index is 13.3. The molecule has 0 aliphatic carbocycles. The molecule has 2 aromatic rings. The predicted molar refractivity (Wildman–Crippen MR) is 71.7 cm³/mol. The van der Waals surface area contributed by atoms with Gasteiger partial charge in [0.15, 0.2) is 0 Å². The molecule has 20 heavy (non-hydrogen) atoms. The second-order valence-electron chi connectivity index (χ2n) is 3.69. The maximum atomic E-state index is 13.3. The second kappa shape index (κ2) is 6.75. The number of aryl methyl sites for hydroxylation is 1. The molecule has 1 aromatic carbocycles. The van der Waals surface area contributed by atoms with Crippen LogP contribution in [0.25, 0.3) is 0 Å². The van der Waals surface area contributed by atoms with Crippen LogP contribution in [-0.2, 0) is 11.8 Å². The maximum Gasteiger partial charge on any atom is 0.250 e. The summed E-state index contributed by atoms with van der Waals surface area (Å²) in [6, 6.07) is 6.14. The SMILES string of the molecule is Cn1nnnc1SCC(=O)N/N=C/c1ccccc1F. The molecule has 0 fully saturated rings. The summed E-state index contributed by atoms with van der Waals surface area (Å²) in [6.45, 7) is 0. The Labute approximate surface area is 118 Å². The number of hydrogen-bond donors (Lipinski definition) is 1. The molecule has 0 saturated heterocycles. The van der Waals surface area contributed by atoms with Crippen molar-refractivity contribution in [1.82, 2.24) is 25.6 Å². The molecule has 0 atom stereocenters. The Morgan fingerprint density at radius 3 is 3.05 bits per heavy atom. The number of benzene rings is 1. The van der Waals surface area contributed by atoms with Gasteiger partial charge >= 0.3 is 0 Å². The molecule has 0 saturated carbocycles. The van der Waals surface area contributed by atoms with Crippen molar-refractivity contribution in [3.8, 4) is 0 Å². The molecule has 0 unspecified atom stereocenters. The molecule has 0 spiro atoms. The molecule has 1 N–H and O–H groups in total. The topological polar surface area (TPSA) is 85.1 Å². The van der Waals surface area contributed by atoms with Crippen LogP contribution >= 0.6 is 11.8 Å². The van der Waals surface area contributed by atoms with E-state index in [0.29, 0.717) is 10.7 Å². The molecular weight excluding hydrogens is 283 g/mol. The second-order valence-corrected chi connectivity index (χ2v) is 4.63. The highest BCUT2D eigenvalue weighted by atomic mass is 32.2. The summed E-state index contributed by atoms with van der Waals surface area (Å²) >= 11 is 1.18. The zero-order valence-corrected chi connectivity index (χ0v) is 11.3. The first-order chi connectivity index (χ1) is 9.66. The average Bonchev–Trinajstić information content (AvgIpc) is 2.84. The van der Waals surface area contributed by atoms with Crippen molar-refractivity contribution in [2.24, 2.45) is 12.1 Å². The third-order valence-electron chi connectivity index (χ3n) is 2.21. The van der Waals surface area contributed by atoms with Crippen LogP contribution in [-0.4, -0.2) is 38.1 Å². The van der Waals surface area contributed by atoms with Crippen LogP contribution < -0.4 is 5.43 Å². The lowest BCUT2D eigenvalue weighted by atomic mass is 10.2. The van der Waals surface area contributed by atoms with Gasteiger partial charge < -0.3 is 0 Å². The van der Waals surface area contributed by atoms with Gasteiger partial charge in [0.05, 0.1) is 12.0 Å². The van der Waals surface area contributed by atoms with Crippen molar-refractivity contribution in [3.05, 3.63) is 35.6 Å². The summed E-state index contributed by atoms with van der Waals surface area (Å²) in [7, 11) is 1.68.